The maximum absolute atomic E-state index is 3.66. The van der Waals surface area contributed by atoms with Crippen molar-refractivity contribution < 1.29 is 0 Å². The molecule has 0 aromatic heterocycles. The molecule has 0 fully saturated rings. The topological polar surface area (TPSA) is 0 Å². The van der Waals surface area contributed by atoms with Crippen molar-refractivity contribution in [3.8, 4) is 23.3 Å². The highest BCUT2D eigenvalue weighted by atomic mass is 28.3. The molecule has 22 heavy (non-hydrogen) atoms. The molecular formula is C21H28Si. The van der Waals surface area contributed by atoms with Crippen LogP contribution in [0.3, 0.4) is 0 Å². The molecule has 0 saturated heterocycles. The van der Waals surface area contributed by atoms with E-state index >= 15 is 0 Å². The Balaban J connectivity index is 2.88. The van der Waals surface area contributed by atoms with E-state index in [2.05, 4.69) is 64.8 Å². The van der Waals surface area contributed by atoms with Gasteiger partial charge >= 0.3 is 0 Å². The molecule has 0 nitrogen and oxygen atoms in total. The molecule has 116 valence electrons. The molecule has 0 bridgehead atoms. The lowest BCUT2D eigenvalue weighted by molar-refractivity contribution is 0.838. The first-order valence-corrected chi connectivity index (χ1v) is 10.4. The van der Waals surface area contributed by atoms with Crippen LogP contribution in [-0.2, 0) is 0 Å². The molecule has 0 saturated carbocycles. The SMILES string of the molecule is CC(C)[Si](C#C/C=C\C#Cc1ccccc1)(C(C)C)C(C)C. The minimum atomic E-state index is -1.61. The Hall–Kier alpha value is -1.70. The highest BCUT2D eigenvalue weighted by Crippen LogP contribution is 2.40. The molecular weight excluding hydrogens is 280 g/mol. The lowest BCUT2D eigenvalue weighted by Gasteiger charge is -2.37. The van der Waals surface area contributed by atoms with Crippen LogP contribution < -0.4 is 0 Å². The van der Waals surface area contributed by atoms with Crippen LogP contribution in [0.15, 0.2) is 42.5 Å². The number of allylic oxidation sites excluding steroid dienone is 2. The summed E-state index contributed by atoms with van der Waals surface area (Å²) in [6.45, 7) is 14.0. The summed E-state index contributed by atoms with van der Waals surface area (Å²) in [5.74, 6) is 9.46. The van der Waals surface area contributed by atoms with Gasteiger partial charge in [0, 0.05) is 5.56 Å². The van der Waals surface area contributed by atoms with Gasteiger partial charge in [-0.3, -0.25) is 0 Å². The van der Waals surface area contributed by atoms with Crippen LogP contribution in [0.2, 0.25) is 16.6 Å². The standard InChI is InChI=1S/C21H28Si/c1-18(2)22(19(3)4,20(5)6)17-13-8-7-10-14-21-15-11-9-12-16-21/h7-9,11-12,15-16,18-20H,1-6H3/b8-7-. The van der Waals surface area contributed by atoms with Crippen molar-refractivity contribution in [2.24, 2.45) is 0 Å². The van der Waals surface area contributed by atoms with Crippen LogP contribution in [-0.4, -0.2) is 8.07 Å². The minimum absolute atomic E-state index is 0.670. The number of hydrogen-bond donors (Lipinski definition) is 0. The average Bonchev–Trinajstić information content (AvgIpc) is 2.46. The van der Waals surface area contributed by atoms with Crippen LogP contribution in [0.25, 0.3) is 0 Å². The van der Waals surface area contributed by atoms with E-state index in [4.69, 9.17) is 0 Å². The van der Waals surface area contributed by atoms with Crippen molar-refractivity contribution >= 4 is 8.07 Å². The van der Waals surface area contributed by atoms with E-state index in [-0.39, 0.29) is 0 Å². The van der Waals surface area contributed by atoms with Gasteiger partial charge in [-0.15, -0.1) is 5.54 Å². The Kier molecular flexibility index (Phi) is 7.23. The van der Waals surface area contributed by atoms with Gasteiger partial charge in [0.15, 0.2) is 0 Å². The largest absolute Gasteiger partial charge is 0.146 e. The molecule has 1 aromatic rings. The predicted octanol–water partition coefficient (Wildman–Crippen LogP) is 5.82. The smallest absolute Gasteiger partial charge is 0.126 e. The molecule has 0 aliphatic rings. The first-order chi connectivity index (χ1) is 10.4. The highest BCUT2D eigenvalue weighted by Gasteiger charge is 2.41. The summed E-state index contributed by atoms with van der Waals surface area (Å²) in [5.41, 5.74) is 6.71. The van der Waals surface area contributed by atoms with Crippen molar-refractivity contribution in [1.29, 1.82) is 0 Å². The highest BCUT2D eigenvalue weighted by molar-refractivity contribution is 6.90. The maximum Gasteiger partial charge on any atom is 0.146 e. The van der Waals surface area contributed by atoms with E-state index in [1.165, 1.54) is 0 Å². The molecule has 1 aromatic carbocycles. The third kappa shape index (κ3) is 4.65. The first kappa shape index (κ1) is 18.3. The predicted molar refractivity (Wildman–Crippen MR) is 101 cm³/mol. The Morgan fingerprint density at radius 2 is 1.27 bits per heavy atom. The molecule has 0 atom stereocenters. The zero-order valence-corrected chi connectivity index (χ0v) is 15.8. The van der Waals surface area contributed by atoms with Crippen molar-refractivity contribution in [1.82, 2.24) is 0 Å². The second-order valence-electron chi connectivity index (χ2n) is 6.64. The van der Waals surface area contributed by atoms with Crippen LogP contribution in [0.5, 0.6) is 0 Å². The third-order valence-electron chi connectivity index (χ3n) is 4.39. The summed E-state index contributed by atoms with van der Waals surface area (Å²) in [6.07, 6.45) is 3.77. The quantitative estimate of drug-likeness (QED) is 0.488. The fraction of sp³-hybridized carbons (Fsp3) is 0.429. The van der Waals surface area contributed by atoms with Gasteiger partial charge in [0.1, 0.15) is 8.07 Å². The Morgan fingerprint density at radius 3 is 1.77 bits per heavy atom. The minimum Gasteiger partial charge on any atom is -0.126 e. The first-order valence-electron chi connectivity index (χ1n) is 8.15. The molecule has 1 heteroatoms. The molecule has 0 radical (unpaired) electrons. The number of rotatable bonds is 3. The van der Waals surface area contributed by atoms with Gasteiger partial charge in [0.05, 0.1) is 0 Å². The van der Waals surface area contributed by atoms with Crippen molar-refractivity contribution in [3.63, 3.8) is 0 Å². The Labute approximate surface area is 138 Å². The second-order valence-corrected chi connectivity index (χ2v) is 12.2. The number of hydrogen-bond acceptors (Lipinski definition) is 0. The van der Waals surface area contributed by atoms with Gasteiger partial charge in [0.2, 0.25) is 0 Å². The van der Waals surface area contributed by atoms with E-state index in [0.29, 0.717) is 16.6 Å². The van der Waals surface area contributed by atoms with Crippen LogP contribution in [0.4, 0.5) is 0 Å². The monoisotopic (exact) mass is 308 g/mol. The summed E-state index contributed by atoms with van der Waals surface area (Å²) < 4.78 is 0. The Bertz CT molecular complexity index is 576. The summed E-state index contributed by atoms with van der Waals surface area (Å²) in [6, 6.07) is 10.0. The van der Waals surface area contributed by atoms with Gasteiger partial charge in [-0.25, -0.2) is 0 Å². The van der Waals surface area contributed by atoms with E-state index in [9.17, 15) is 0 Å². The molecule has 0 spiro atoms. The zero-order valence-electron chi connectivity index (χ0n) is 14.8. The molecule has 1 rings (SSSR count). The fourth-order valence-corrected chi connectivity index (χ4v) is 8.53. The lowest BCUT2D eigenvalue weighted by Crippen LogP contribution is -2.43. The lowest BCUT2D eigenvalue weighted by atomic mass is 10.2. The van der Waals surface area contributed by atoms with Crippen LogP contribution in [0, 0.1) is 23.3 Å². The van der Waals surface area contributed by atoms with Gasteiger partial charge in [-0.1, -0.05) is 77.5 Å². The zero-order chi connectivity index (χ0) is 16.6. The van der Waals surface area contributed by atoms with Gasteiger partial charge in [-0.05, 0) is 40.9 Å². The molecule has 0 heterocycles. The molecule has 0 N–H and O–H groups in total. The normalized spacial score (nSPS) is 11.5. The molecule has 0 aliphatic heterocycles. The van der Waals surface area contributed by atoms with Crippen molar-refractivity contribution in [2.45, 2.75) is 58.2 Å². The molecule has 0 unspecified atom stereocenters. The third-order valence-corrected chi connectivity index (χ3v) is 10.7. The maximum atomic E-state index is 3.66. The van der Waals surface area contributed by atoms with Gasteiger partial charge < -0.3 is 0 Å². The fourth-order valence-electron chi connectivity index (χ4n) is 3.33. The van der Waals surface area contributed by atoms with E-state index in [1.54, 1.807) is 0 Å². The van der Waals surface area contributed by atoms with Gasteiger partial charge in [-0.2, -0.15) is 0 Å². The Morgan fingerprint density at radius 1 is 0.773 bits per heavy atom. The van der Waals surface area contributed by atoms with E-state index < -0.39 is 8.07 Å². The van der Waals surface area contributed by atoms with E-state index in [0.717, 1.165) is 5.56 Å². The second kappa shape index (κ2) is 8.67. The summed E-state index contributed by atoms with van der Waals surface area (Å²) in [4.78, 5) is 0. The average molecular weight is 309 g/mol. The van der Waals surface area contributed by atoms with Crippen molar-refractivity contribution in [3.05, 3.63) is 48.0 Å². The summed E-state index contributed by atoms with van der Waals surface area (Å²) in [5, 5.41) is 0. The van der Waals surface area contributed by atoms with E-state index in [1.807, 2.05) is 42.5 Å². The molecule has 0 amide bonds. The van der Waals surface area contributed by atoms with Crippen LogP contribution >= 0.6 is 0 Å². The van der Waals surface area contributed by atoms with Gasteiger partial charge in [0.25, 0.3) is 0 Å². The van der Waals surface area contributed by atoms with Crippen LogP contribution in [0.1, 0.15) is 47.1 Å². The molecule has 0 aliphatic carbocycles. The number of benzene rings is 1. The summed E-state index contributed by atoms with van der Waals surface area (Å²) >= 11 is 0. The summed E-state index contributed by atoms with van der Waals surface area (Å²) in [7, 11) is -1.61. The van der Waals surface area contributed by atoms with Crippen molar-refractivity contribution in [2.75, 3.05) is 0 Å².